The highest BCUT2D eigenvalue weighted by atomic mass is 19.4. The summed E-state index contributed by atoms with van der Waals surface area (Å²) in [6, 6.07) is 1.91. The molecule has 0 atom stereocenters. The minimum absolute atomic E-state index is 0.00724. The number of ether oxygens (including phenoxy) is 2. The molecule has 14 heteroatoms. The lowest BCUT2D eigenvalue weighted by molar-refractivity contribution is -0.274. The molecular weight excluding hydrogens is 410 g/mol. The van der Waals surface area contributed by atoms with Crippen LogP contribution in [0.5, 0.6) is 17.2 Å². The average molecular weight is 420 g/mol. The molecule has 0 aliphatic heterocycles. The third-order valence-corrected chi connectivity index (χ3v) is 4.04. The van der Waals surface area contributed by atoms with Gasteiger partial charge >= 0.3 is 18.5 Å². The van der Waals surface area contributed by atoms with Gasteiger partial charge in [-0.15, -0.1) is 13.2 Å². The van der Waals surface area contributed by atoms with Crippen molar-refractivity contribution in [1.29, 1.82) is 0 Å². The first-order chi connectivity index (χ1) is 13.1. The fourth-order valence-electron chi connectivity index (χ4n) is 2.58. The first-order valence-electron chi connectivity index (χ1n) is 7.81. The first kappa shape index (κ1) is 22.5. The quantitative estimate of drug-likeness (QED) is 0.560. The topological polar surface area (TPSA) is 55.8 Å². The van der Waals surface area contributed by atoms with E-state index < -0.39 is 47.0 Å². The molecule has 0 aliphatic carbocycles. The lowest BCUT2D eigenvalue weighted by Gasteiger charge is -2.20. The first-order valence-corrected chi connectivity index (χ1v) is 7.81. The number of alkyl halides is 6. The lowest BCUT2D eigenvalue weighted by Crippen LogP contribution is -2.36. The van der Waals surface area contributed by atoms with E-state index in [0.717, 1.165) is 6.07 Å². The number of hydrogen-bond donors (Lipinski definition) is 1. The summed E-state index contributed by atoms with van der Waals surface area (Å²) in [5.41, 5.74) is -3.00. The van der Waals surface area contributed by atoms with Gasteiger partial charge in [0.05, 0.1) is 5.56 Å². The van der Waals surface area contributed by atoms with Crippen LogP contribution in [-0.2, 0) is 6.18 Å². The highest BCUT2D eigenvalue weighted by molar-refractivity contribution is 6.53. The van der Waals surface area contributed by atoms with Crippen LogP contribution in [0, 0.1) is 5.82 Å². The van der Waals surface area contributed by atoms with Gasteiger partial charge < -0.3 is 14.6 Å². The third-order valence-electron chi connectivity index (χ3n) is 4.04. The van der Waals surface area contributed by atoms with Crippen molar-refractivity contribution in [3.8, 4) is 17.2 Å². The van der Waals surface area contributed by atoms with Gasteiger partial charge in [-0.2, -0.15) is 13.2 Å². The van der Waals surface area contributed by atoms with E-state index in [0.29, 0.717) is 12.1 Å². The van der Waals surface area contributed by atoms with E-state index >= 15 is 0 Å². The van der Waals surface area contributed by atoms with Crippen molar-refractivity contribution in [2.45, 2.75) is 12.5 Å². The molecule has 0 fully saturated rings. The molecule has 4 nitrogen and oxygen atoms in total. The van der Waals surface area contributed by atoms with E-state index in [9.17, 15) is 35.5 Å². The molecule has 0 unspecified atom stereocenters. The van der Waals surface area contributed by atoms with Crippen LogP contribution in [0.15, 0.2) is 18.2 Å². The molecule has 2 aromatic rings. The molecule has 0 amide bonds. The molecule has 0 saturated heterocycles. The monoisotopic (exact) mass is 420 g/mol. The Hall–Kier alpha value is -2.79. The molecule has 0 radical (unpaired) electrons. The Balaban J connectivity index is 2.59. The lowest BCUT2D eigenvalue weighted by atomic mass is 9.75. The molecule has 0 saturated carbocycles. The Kier molecular flexibility index (Phi) is 5.87. The summed E-state index contributed by atoms with van der Waals surface area (Å²) in [6.45, 7) is 0. The molecule has 0 aromatic heterocycles. The summed E-state index contributed by atoms with van der Waals surface area (Å²) in [6.07, 6.45) is -10.1. The standard InChI is InChI=1S/C15H10B3F7O4/c16-5-3-7(29-15(23,24)25)9(17)10(18)12(5)28-6-2-1-4(14(20,21)22)11(19)8(6)13(26)27/h1-3H,16-18H2,(H,26,27). The van der Waals surface area contributed by atoms with Gasteiger partial charge in [0, 0.05) is 0 Å². The Morgan fingerprint density at radius 2 is 1.55 bits per heavy atom. The molecular formula is C15H10B3F7O4. The molecule has 2 rings (SSSR count). The highest BCUT2D eigenvalue weighted by Crippen LogP contribution is 2.36. The maximum atomic E-state index is 14.2. The van der Waals surface area contributed by atoms with E-state index in [4.69, 9.17) is 9.84 Å². The van der Waals surface area contributed by atoms with Crippen molar-refractivity contribution >= 4 is 45.9 Å². The third kappa shape index (κ3) is 4.80. The number of carboxylic acids is 1. The minimum atomic E-state index is -5.13. The van der Waals surface area contributed by atoms with Gasteiger partial charge in [0.2, 0.25) is 0 Å². The van der Waals surface area contributed by atoms with E-state index in [1.807, 2.05) is 0 Å². The van der Waals surface area contributed by atoms with Crippen LogP contribution in [0.4, 0.5) is 30.7 Å². The molecule has 0 bridgehead atoms. The smallest absolute Gasteiger partial charge is 0.477 e. The molecule has 0 spiro atoms. The Morgan fingerprint density at radius 1 is 0.966 bits per heavy atom. The molecule has 1 N–H and O–H groups in total. The van der Waals surface area contributed by atoms with Gasteiger partial charge in [-0.05, 0) is 23.7 Å². The summed E-state index contributed by atoms with van der Waals surface area (Å²) in [7, 11) is 3.92. The largest absolute Gasteiger partial charge is 0.573 e. The molecule has 29 heavy (non-hydrogen) atoms. The summed E-state index contributed by atoms with van der Waals surface area (Å²) < 4.78 is 99.4. The SMILES string of the molecule is Bc1cc(OC(F)(F)F)c(B)c(B)c1Oc1ccc(C(F)(F)F)c(F)c1C(=O)O. The second-order valence-corrected chi connectivity index (χ2v) is 6.02. The predicted octanol–water partition coefficient (Wildman–Crippen LogP) is 0.00880. The van der Waals surface area contributed by atoms with E-state index in [2.05, 4.69) is 4.74 Å². The number of aromatic carboxylic acids is 1. The predicted molar refractivity (Wildman–Crippen MR) is 96.1 cm³/mol. The number of rotatable bonds is 4. The maximum Gasteiger partial charge on any atom is 0.573 e. The zero-order chi connectivity index (χ0) is 22.3. The maximum absolute atomic E-state index is 14.2. The van der Waals surface area contributed by atoms with Crippen molar-refractivity contribution in [1.82, 2.24) is 0 Å². The van der Waals surface area contributed by atoms with Crippen molar-refractivity contribution in [3.63, 3.8) is 0 Å². The van der Waals surface area contributed by atoms with Gasteiger partial charge in [-0.3, -0.25) is 0 Å². The van der Waals surface area contributed by atoms with E-state index in [1.54, 1.807) is 0 Å². The molecule has 2 aromatic carbocycles. The van der Waals surface area contributed by atoms with Crippen LogP contribution in [-0.4, -0.2) is 41.0 Å². The number of halogens is 7. The Bertz CT molecular complexity index is 974. The van der Waals surface area contributed by atoms with E-state index in [1.165, 1.54) is 23.5 Å². The number of carbonyl (C=O) groups is 1. The van der Waals surface area contributed by atoms with Gasteiger partial charge in [0.15, 0.2) is 5.82 Å². The molecule has 0 aliphatic rings. The van der Waals surface area contributed by atoms with E-state index in [-0.39, 0.29) is 22.1 Å². The van der Waals surface area contributed by atoms with Crippen LogP contribution in [0.2, 0.25) is 0 Å². The summed E-state index contributed by atoms with van der Waals surface area (Å²) in [4.78, 5) is 11.3. The number of benzene rings is 2. The molecule has 152 valence electrons. The highest BCUT2D eigenvalue weighted by Gasteiger charge is 2.37. The summed E-state index contributed by atoms with van der Waals surface area (Å²) in [5, 5.41) is 9.15. The Labute approximate surface area is 161 Å². The summed E-state index contributed by atoms with van der Waals surface area (Å²) >= 11 is 0. The van der Waals surface area contributed by atoms with Crippen molar-refractivity contribution in [2.75, 3.05) is 0 Å². The van der Waals surface area contributed by atoms with Crippen LogP contribution in [0.3, 0.4) is 0 Å². The van der Waals surface area contributed by atoms with Crippen molar-refractivity contribution < 1.29 is 50.1 Å². The van der Waals surface area contributed by atoms with Crippen molar-refractivity contribution in [2.24, 2.45) is 0 Å². The summed E-state index contributed by atoms with van der Waals surface area (Å²) in [5.74, 6) is -5.45. The normalized spacial score (nSPS) is 12.0. The van der Waals surface area contributed by atoms with Crippen LogP contribution < -0.4 is 25.9 Å². The number of hydrogen-bond acceptors (Lipinski definition) is 3. The fourth-order valence-corrected chi connectivity index (χ4v) is 2.58. The second kappa shape index (κ2) is 7.56. The number of carboxylic acid groups (broad SMARTS) is 1. The minimum Gasteiger partial charge on any atom is -0.477 e. The van der Waals surface area contributed by atoms with Crippen LogP contribution in [0.1, 0.15) is 15.9 Å². The molecule has 0 heterocycles. The van der Waals surface area contributed by atoms with Gasteiger partial charge in [0.1, 0.15) is 46.4 Å². The van der Waals surface area contributed by atoms with Gasteiger partial charge in [0.25, 0.3) is 0 Å². The zero-order valence-corrected chi connectivity index (χ0v) is 15.0. The van der Waals surface area contributed by atoms with Crippen LogP contribution >= 0.6 is 0 Å². The second-order valence-electron chi connectivity index (χ2n) is 6.02. The zero-order valence-electron chi connectivity index (χ0n) is 15.0. The van der Waals surface area contributed by atoms with Gasteiger partial charge in [-0.25, -0.2) is 9.18 Å². The average Bonchev–Trinajstić information content (AvgIpc) is 2.53. The Morgan fingerprint density at radius 3 is 2.03 bits per heavy atom. The fraction of sp³-hybridized carbons (Fsp3) is 0.133. The van der Waals surface area contributed by atoms with Crippen LogP contribution in [0.25, 0.3) is 0 Å². The van der Waals surface area contributed by atoms with Gasteiger partial charge in [-0.1, -0.05) is 10.9 Å². The van der Waals surface area contributed by atoms with Crippen molar-refractivity contribution in [3.05, 3.63) is 35.1 Å².